The highest BCUT2D eigenvalue weighted by molar-refractivity contribution is 6.38. The van der Waals surface area contributed by atoms with Crippen molar-refractivity contribution in [3.8, 4) is 0 Å². The molecule has 20 heavy (non-hydrogen) atoms. The monoisotopic (exact) mass is 289 g/mol. The van der Waals surface area contributed by atoms with Crippen LogP contribution in [-0.2, 0) is 20.5 Å². The summed E-state index contributed by atoms with van der Waals surface area (Å²) in [6.45, 7) is 1.38. The number of ether oxygens (including phenoxy) is 1. The zero-order valence-corrected chi connectivity index (χ0v) is 10.4. The second-order valence-electron chi connectivity index (χ2n) is 3.64. The van der Waals surface area contributed by atoms with Crippen molar-refractivity contribution in [1.29, 1.82) is 0 Å². The third-order valence-corrected chi connectivity index (χ3v) is 2.20. The van der Waals surface area contributed by atoms with E-state index in [-0.39, 0.29) is 6.61 Å². The number of alkyl halides is 3. The third kappa shape index (κ3) is 3.87. The van der Waals surface area contributed by atoms with Crippen molar-refractivity contribution in [1.82, 2.24) is 4.98 Å². The van der Waals surface area contributed by atoms with Crippen LogP contribution >= 0.6 is 0 Å². The Kier molecular flexibility index (Phi) is 4.95. The predicted molar refractivity (Wildman–Crippen MR) is 59.8 cm³/mol. The van der Waals surface area contributed by atoms with Crippen molar-refractivity contribution in [3.05, 3.63) is 29.6 Å². The summed E-state index contributed by atoms with van der Waals surface area (Å²) in [4.78, 5) is 37.3. The lowest BCUT2D eigenvalue weighted by molar-refractivity contribution is -0.153. The van der Waals surface area contributed by atoms with Gasteiger partial charge in [0.25, 0.3) is 0 Å². The molecular formula is C12H10F3NO4. The van der Waals surface area contributed by atoms with Crippen molar-refractivity contribution in [2.45, 2.75) is 19.5 Å². The van der Waals surface area contributed by atoms with Crippen molar-refractivity contribution >= 4 is 17.5 Å². The SMILES string of the molecule is CCOC(=O)C(=O)CC(=O)c1ncccc1C(F)(F)F. The summed E-state index contributed by atoms with van der Waals surface area (Å²) in [7, 11) is 0. The minimum atomic E-state index is -4.77. The fraction of sp³-hybridized carbons (Fsp3) is 0.333. The van der Waals surface area contributed by atoms with Crippen LogP contribution in [0.15, 0.2) is 18.3 Å². The molecule has 8 heteroatoms. The number of carbonyl (C=O) groups excluding carboxylic acids is 3. The van der Waals surface area contributed by atoms with Gasteiger partial charge in [0.15, 0.2) is 5.78 Å². The van der Waals surface area contributed by atoms with Gasteiger partial charge < -0.3 is 4.74 Å². The van der Waals surface area contributed by atoms with E-state index in [1.165, 1.54) is 6.92 Å². The van der Waals surface area contributed by atoms with Crippen LogP contribution < -0.4 is 0 Å². The quantitative estimate of drug-likeness (QED) is 0.358. The number of Topliss-reactive ketones (excluding diaryl/α,β-unsaturated/α-hetero) is 2. The number of esters is 1. The summed E-state index contributed by atoms with van der Waals surface area (Å²) in [5, 5.41) is 0. The highest BCUT2D eigenvalue weighted by Crippen LogP contribution is 2.31. The second kappa shape index (κ2) is 6.27. The van der Waals surface area contributed by atoms with E-state index in [1.54, 1.807) is 0 Å². The van der Waals surface area contributed by atoms with Crippen LogP contribution in [0.3, 0.4) is 0 Å². The number of aromatic nitrogens is 1. The van der Waals surface area contributed by atoms with Gasteiger partial charge in [-0.1, -0.05) is 0 Å². The molecule has 0 aromatic carbocycles. The van der Waals surface area contributed by atoms with Crippen LogP contribution in [0, 0.1) is 0 Å². The van der Waals surface area contributed by atoms with E-state index in [1.807, 2.05) is 0 Å². The van der Waals surface area contributed by atoms with E-state index in [0.717, 1.165) is 12.3 Å². The molecule has 1 rings (SSSR count). The van der Waals surface area contributed by atoms with E-state index >= 15 is 0 Å². The molecule has 0 aliphatic rings. The standard InChI is InChI=1S/C12H10F3NO4/c1-2-20-11(19)9(18)6-8(17)10-7(12(13,14)15)4-3-5-16-10/h3-5H,2,6H2,1H3. The van der Waals surface area contributed by atoms with Crippen molar-refractivity contribution in [2.75, 3.05) is 6.61 Å². The van der Waals surface area contributed by atoms with Crippen molar-refractivity contribution in [3.63, 3.8) is 0 Å². The summed E-state index contributed by atoms with van der Waals surface area (Å²) in [5.41, 5.74) is -2.14. The van der Waals surface area contributed by atoms with Gasteiger partial charge in [0.2, 0.25) is 5.78 Å². The molecule has 1 aromatic rings. The summed E-state index contributed by atoms with van der Waals surface area (Å²) in [6, 6.07) is 1.70. The Hall–Kier alpha value is -2.25. The lowest BCUT2D eigenvalue weighted by Gasteiger charge is -2.10. The number of ketones is 2. The number of hydrogen-bond donors (Lipinski definition) is 0. The van der Waals surface area contributed by atoms with E-state index in [2.05, 4.69) is 9.72 Å². The molecule has 108 valence electrons. The van der Waals surface area contributed by atoms with Crippen LogP contribution in [0.4, 0.5) is 13.2 Å². The molecule has 5 nitrogen and oxygen atoms in total. The zero-order valence-electron chi connectivity index (χ0n) is 10.4. The van der Waals surface area contributed by atoms with Crippen molar-refractivity contribution < 1.29 is 32.3 Å². The summed E-state index contributed by atoms with van der Waals surface area (Å²) in [6.07, 6.45) is -4.79. The van der Waals surface area contributed by atoms with Gasteiger partial charge >= 0.3 is 12.1 Å². The van der Waals surface area contributed by atoms with Crippen LogP contribution in [0.5, 0.6) is 0 Å². The Bertz CT molecular complexity index is 540. The molecule has 0 aliphatic heterocycles. The van der Waals surface area contributed by atoms with Gasteiger partial charge in [0.1, 0.15) is 5.69 Å². The van der Waals surface area contributed by atoms with Crippen LogP contribution in [0.25, 0.3) is 0 Å². The van der Waals surface area contributed by atoms with Crippen LogP contribution in [0.1, 0.15) is 29.4 Å². The number of hydrogen-bond acceptors (Lipinski definition) is 5. The van der Waals surface area contributed by atoms with E-state index in [0.29, 0.717) is 6.07 Å². The van der Waals surface area contributed by atoms with Crippen molar-refractivity contribution in [2.24, 2.45) is 0 Å². The fourth-order valence-electron chi connectivity index (χ4n) is 1.37. The van der Waals surface area contributed by atoms with Gasteiger partial charge in [-0.15, -0.1) is 0 Å². The van der Waals surface area contributed by atoms with E-state index in [9.17, 15) is 27.6 Å². The Morgan fingerprint density at radius 1 is 1.30 bits per heavy atom. The number of pyridine rings is 1. The average Bonchev–Trinajstić information content (AvgIpc) is 2.37. The van der Waals surface area contributed by atoms with Gasteiger partial charge in [-0.2, -0.15) is 13.2 Å². The molecule has 0 saturated carbocycles. The molecular weight excluding hydrogens is 279 g/mol. The molecule has 0 radical (unpaired) electrons. The average molecular weight is 289 g/mol. The molecule has 0 spiro atoms. The Morgan fingerprint density at radius 2 is 1.95 bits per heavy atom. The molecule has 0 saturated heterocycles. The fourth-order valence-corrected chi connectivity index (χ4v) is 1.37. The molecule has 0 atom stereocenters. The Morgan fingerprint density at radius 3 is 2.50 bits per heavy atom. The number of carbonyl (C=O) groups is 3. The van der Waals surface area contributed by atoms with Gasteiger partial charge in [0.05, 0.1) is 18.6 Å². The number of rotatable bonds is 5. The molecule has 0 amide bonds. The lowest BCUT2D eigenvalue weighted by atomic mass is 10.1. The normalized spacial score (nSPS) is 11.0. The first kappa shape index (κ1) is 15.8. The molecule has 0 bridgehead atoms. The molecule has 0 unspecified atom stereocenters. The maximum absolute atomic E-state index is 12.7. The van der Waals surface area contributed by atoms with Gasteiger partial charge in [0, 0.05) is 6.20 Å². The predicted octanol–water partition coefficient (Wildman–Crippen LogP) is 1.81. The van der Waals surface area contributed by atoms with Gasteiger partial charge in [-0.3, -0.25) is 14.6 Å². The molecule has 1 aromatic heterocycles. The second-order valence-corrected chi connectivity index (χ2v) is 3.64. The third-order valence-electron chi connectivity index (χ3n) is 2.20. The Balaban J connectivity index is 2.94. The highest BCUT2D eigenvalue weighted by Gasteiger charge is 2.36. The number of halogens is 3. The molecule has 1 heterocycles. The van der Waals surface area contributed by atoms with Gasteiger partial charge in [-0.05, 0) is 19.1 Å². The largest absolute Gasteiger partial charge is 0.460 e. The minimum Gasteiger partial charge on any atom is -0.460 e. The first-order chi connectivity index (χ1) is 9.27. The smallest absolute Gasteiger partial charge is 0.418 e. The lowest BCUT2D eigenvalue weighted by Crippen LogP contribution is -2.23. The van der Waals surface area contributed by atoms with Crippen LogP contribution in [0.2, 0.25) is 0 Å². The first-order valence-electron chi connectivity index (χ1n) is 5.52. The Labute approximate surface area is 111 Å². The summed E-state index contributed by atoms with van der Waals surface area (Å²) < 4.78 is 42.3. The van der Waals surface area contributed by atoms with E-state index in [4.69, 9.17) is 0 Å². The molecule has 0 aliphatic carbocycles. The van der Waals surface area contributed by atoms with Gasteiger partial charge in [-0.25, -0.2) is 4.79 Å². The minimum absolute atomic E-state index is 0.0733. The first-order valence-corrected chi connectivity index (χ1v) is 5.52. The topological polar surface area (TPSA) is 73.3 Å². The van der Waals surface area contributed by atoms with E-state index < -0.39 is 41.4 Å². The maximum atomic E-state index is 12.7. The molecule has 0 N–H and O–H groups in total. The summed E-state index contributed by atoms with van der Waals surface area (Å²) in [5.74, 6) is -3.66. The number of nitrogens with zero attached hydrogens (tertiary/aromatic N) is 1. The highest BCUT2D eigenvalue weighted by atomic mass is 19.4. The zero-order chi connectivity index (χ0) is 15.3. The molecule has 0 fully saturated rings. The summed E-state index contributed by atoms with van der Waals surface area (Å²) >= 11 is 0. The van der Waals surface area contributed by atoms with Crippen LogP contribution in [-0.4, -0.2) is 29.1 Å². The maximum Gasteiger partial charge on any atom is 0.418 e.